The Hall–Kier alpha value is -0.300. The van der Waals surface area contributed by atoms with Crippen molar-refractivity contribution in [2.24, 2.45) is 5.41 Å². The predicted octanol–water partition coefficient (Wildman–Crippen LogP) is 3.43. The molecule has 0 radical (unpaired) electrons. The Balaban J connectivity index is 2.30. The van der Waals surface area contributed by atoms with Gasteiger partial charge in [0.25, 0.3) is 0 Å². The molecule has 1 heteroatoms. The maximum absolute atomic E-state index is 10.4. The summed E-state index contributed by atoms with van der Waals surface area (Å²) in [5.74, 6) is 0. The average Bonchev–Trinajstić information content (AvgIpc) is 2.16. The highest BCUT2D eigenvalue weighted by Gasteiger charge is 2.38. The second kappa shape index (κ2) is 3.69. The first kappa shape index (κ1) is 10.2. The van der Waals surface area contributed by atoms with Crippen molar-refractivity contribution in [3.8, 4) is 0 Å². The molecule has 0 aromatic heterocycles. The summed E-state index contributed by atoms with van der Waals surface area (Å²) in [6.45, 7) is 4.48. The second-order valence-corrected chi connectivity index (χ2v) is 5.42. The molecule has 1 saturated carbocycles. The van der Waals surface area contributed by atoms with Crippen LogP contribution in [0.1, 0.15) is 58.8 Å². The maximum Gasteiger partial charge on any atom is 0.0806 e. The molecule has 2 rings (SSSR count). The zero-order chi connectivity index (χ0) is 10.2. The third kappa shape index (κ3) is 1.63. The first-order valence-electron chi connectivity index (χ1n) is 6.00. The summed E-state index contributed by atoms with van der Waals surface area (Å²) in [6.07, 6.45) is 8.54. The Morgan fingerprint density at radius 1 is 1.14 bits per heavy atom. The summed E-state index contributed by atoms with van der Waals surface area (Å²) in [6, 6.07) is 0. The van der Waals surface area contributed by atoms with E-state index in [9.17, 15) is 5.11 Å². The molecule has 14 heavy (non-hydrogen) atoms. The number of rotatable bonds is 0. The lowest BCUT2D eigenvalue weighted by atomic mass is 9.66. The van der Waals surface area contributed by atoms with Crippen molar-refractivity contribution in [2.45, 2.75) is 64.9 Å². The van der Waals surface area contributed by atoms with Gasteiger partial charge in [-0.15, -0.1) is 0 Å². The van der Waals surface area contributed by atoms with Gasteiger partial charge in [0.15, 0.2) is 0 Å². The molecular formula is C13H22O. The highest BCUT2D eigenvalue weighted by atomic mass is 16.3. The summed E-state index contributed by atoms with van der Waals surface area (Å²) in [5, 5.41) is 10.4. The van der Waals surface area contributed by atoms with E-state index in [0.29, 0.717) is 0 Å². The Morgan fingerprint density at radius 3 is 2.71 bits per heavy atom. The first-order valence-corrected chi connectivity index (χ1v) is 6.00. The van der Waals surface area contributed by atoms with Gasteiger partial charge in [0.05, 0.1) is 6.10 Å². The van der Waals surface area contributed by atoms with Gasteiger partial charge in [0.1, 0.15) is 0 Å². The fourth-order valence-electron chi connectivity index (χ4n) is 3.06. The molecule has 0 spiro atoms. The molecule has 2 aliphatic carbocycles. The van der Waals surface area contributed by atoms with Crippen LogP contribution in [0.5, 0.6) is 0 Å². The predicted molar refractivity (Wildman–Crippen MR) is 59.1 cm³/mol. The van der Waals surface area contributed by atoms with Crippen molar-refractivity contribution in [1.82, 2.24) is 0 Å². The van der Waals surface area contributed by atoms with Crippen LogP contribution in [0.2, 0.25) is 0 Å². The van der Waals surface area contributed by atoms with Crippen molar-refractivity contribution >= 4 is 0 Å². The van der Waals surface area contributed by atoms with Crippen molar-refractivity contribution in [2.75, 3.05) is 0 Å². The number of fused-ring (bicyclic) bond motifs is 2. The van der Waals surface area contributed by atoms with Gasteiger partial charge in [-0.3, -0.25) is 0 Å². The van der Waals surface area contributed by atoms with Crippen molar-refractivity contribution in [1.29, 1.82) is 0 Å². The van der Waals surface area contributed by atoms with Crippen molar-refractivity contribution in [3.63, 3.8) is 0 Å². The summed E-state index contributed by atoms with van der Waals surface area (Å²) >= 11 is 0. The quantitative estimate of drug-likeness (QED) is 0.586. The molecule has 1 N–H and O–H groups in total. The van der Waals surface area contributed by atoms with E-state index in [4.69, 9.17) is 0 Å². The molecule has 1 fully saturated rings. The third-order valence-electron chi connectivity index (χ3n) is 4.30. The van der Waals surface area contributed by atoms with E-state index in [1.807, 2.05) is 0 Å². The van der Waals surface area contributed by atoms with Crippen LogP contribution in [0.25, 0.3) is 0 Å². The zero-order valence-corrected chi connectivity index (χ0v) is 9.47. The zero-order valence-electron chi connectivity index (χ0n) is 9.47. The van der Waals surface area contributed by atoms with Crippen LogP contribution in [-0.2, 0) is 0 Å². The van der Waals surface area contributed by atoms with Gasteiger partial charge in [-0.2, -0.15) is 0 Å². The minimum atomic E-state index is -0.142. The van der Waals surface area contributed by atoms with Crippen LogP contribution in [0.15, 0.2) is 11.1 Å². The molecular weight excluding hydrogens is 172 g/mol. The Kier molecular flexibility index (Phi) is 2.70. The van der Waals surface area contributed by atoms with Gasteiger partial charge >= 0.3 is 0 Å². The Labute approximate surface area is 87.2 Å². The number of allylic oxidation sites excluding steroid dienone is 1. The van der Waals surface area contributed by atoms with E-state index in [-0.39, 0.29) is 11.5 Å². The molecule has 80 valence electrons. The van der Waals surface area contributed by atoms with E-state index < -0.39 is 0 Å². The molecule has 0 amide bonds. The van der Waals surface area contributed by atoms with E-state index in [0.717, 1.165) is 6.42 Å². The molecule has 0 aliphatic heterocycles. The smallest absolute Gasteiger partial charge is 0.0806 e. The normalized spacial score (nSPS) is 39.2. The Bertz CT molecular complexity index is 254. The van der Waals surface area contributed by atoms with Crippen LogP contribution in [-0.4, -0.2) is 11.2 Å². The molecule has 0 aromatic carbocycles. The van der Waals surface area contributed by atoms with Gasteiger partial charge in [-0.1, -0.05) is 25.3 Å². The fourth-order valence-corrected chi connectivity index (χ4v) is 3.06. The van der Waals surface area contributed by atoms with Crippen LogP contribution in [0.4, 0.5) is 0 Å². The summed E-state index contributed by atoms with van der Waals surface area (Å²) in [5.41, 5.74) is 3.03. The van der Waals surface area contributed by atoms with Crippen LogP contribution in [0, 0.1) is 5.41 Å². The second-order valence-electron chi connectivity index (χ2n) is 5.42. The monoisotopic (exact) mass is 194 g/mol. The van der Waals surface area contributed by atoms with Crippen molar-refractivity contribution in [3.05, 3.63) is 11.1 Å². The largest absolute Gasteiger partial charge is 0.388 e. The minimum Gasteiger partial charge on any atom is -0.388 e. The summed E-state index contributed by atoms with van der Waals surface area (Å²) in [7, 11) is 0. The van der Waals surface area contributed by atoms with Crippen molar-refractivity contribution < 1.29 is 5.11 Å². The highest BCUT2D eigenvalue weighted by molar-refractivity contribution is 5.23. The van der Waals surface area contributed by atoms with Gasteiger partial charge < -0.3 is 5.11 Å². The van der Waals surface area contributed by atoms with Gasteiger partial charge in [0, 0.05) is 0 Å². The lowest BCUT2D eigenvalue weighted by molar-refractivity contribution is 0.0337. The highest BCUT2D eigenvalue weighted by Crippen LogP contribution is 2.45. The molecule has 1 nitrogen and oxygen atoms in total. The lowest BCUT2D eigenvalue weighted by Gasteiger charge is -2.42. The maximum atomic E-state index is 10.4. The average molecular weight is 194 g/mol. The standard InChI is InChI=1S/C13H22O/c1-10-7-9-13(2)8-5-3-4-6-11(10)12(13)14/h12,14H,3-9H2,1-2H3/t12?,13-/m1/s1. The van der Waals surface area contributed by atoms with Gasteiger partial charge in [-0.05, 0) is 50.0 Å². The molecule has 0 heterocycles. The van der Waals surface area contributed by atoms with Crippen LogP contribution >= 0.6 is 0 Å². The topological polar surface area (TPSA) is 20.2 Å². The fraction of sp³-hybridized carbons (Fsp3) is 0.846. The van der Waals surface area contributed by atoms with Crippen LogP contribution < -0.4 is 0 Å². The van der Waals surface area contributed by atoms with E-state index in [1.54, 1.807) is 0 Å². The number of aliphatic hydroxyl groups excluding tert-OH is 1. The number of hydrogen-bond donors (Lipinski definition) is 1. The molecule has 0 aromatic rings. The molecule has 2 atom stereocenters. The number of aliphatic hydroxyl groups is 1. The van der Waals surface area contributed by atoms with E-state index in [2.05, 4.69) is 13.8 Å². The molecule has 0 saturated heterocycles. The number of hydrogen-bond acceptors (Lipinski definition) is 1. The summed E-state index contributed by atoms with van der Waals surface area (Å²) in [4.78, 5) is 0. The van der Waals surface area contributed by atoms with E-state index in [1.165, 1.54) is 49.7 Å². The van der Waals surface area contributed by atoms with E-state index >= 15 is 0 Å². The summed E-state index contributed by atoms with van der Waals surface area (Å²) < 4.78 is 0. The minimum absolute atomic E-state index is 0.142. The molecule has 1 unspecified atom stereocenters. The SMILES string of the molecule is CC1=C2CCCCC[C@](C)(CC1)C2O. The molecule has 2 aliphatic rings. The lowest BCUT2D eigenvalue weighted by Crippen LogP contribution is -2.38. The Morgan fingerprint density at radius 2 is 1.93 bits per heavy atom. The first-order chi connectivity index (χ1) is 6.63. The van der Waals surface area contributed by atoms with Gasteiger partial charge in [-0.25, -0.2) is 0 Å². The van der Waals surface area contributed by atoms with Crippen LogP contribution in [0.3, 0.4) is 0 Å². The third-order valence-corrected chi connectivity index (χ3v) is 4.30. The van der Waals surface area contributed by atoms with Gasteiger partial charge in [0.2, 0.25) is 0 Å². The molecule has 2 bridgehead atoms.